The molecule has 0 N–H and O–H groups in total. The summed E-state index contributed by atoms with van der Waals surface area (Å²) in [4.78, 5) is 30.8. The van der Waals surface area contributed by atoms with Gasteiger partial charge in [0.2, 0.25) is 0 Å². The number of Topliss-reactive ketones (excluding diaryl/α,β-unsaturated/α-hetero) is 2. The van der Waals surface area contributed by atoms with Crippen molar-refractivity contribution in [3.05, 3.63) is 0 Å². The second kappa shape index (κ2) is 0.862. The maximum absolute atomic E-state index is 13.0. The molecule has 10 fully saturated rings. The Bertz CT molecular complexity index is 1170. The van der Waals surface area contributed by atoms with Gasteiger partial charge in [0.1, 0.15) is 0 Å². The van der Waals surface area contributed by atoms with Crippen LogP contribution in [0.25, 0.3) is 0 Å². The minimum absolute atomic E-state index is 0.238. The Balaban J connectivity index is 1.69. The standard InChI is InChI=1S/C10H8Cl3O2.C5H5.Fe/c1-5(14)7-3-4-8(6(2)15)9(7)10(11,12)13;1-2-4-5-3-1;/h3-4H,1-2H3;1-5H;. The molecular formula is C15H13Cl3FeO2. The summed E-state index contributed by atoms with van der Waals surface area (Å²) in [5.41, 5.74) is 0. The van der Waals surface area contributed by atoms with Crippen molar-refractivity contribution in [2.75, 3.05) is 0 Å². The molecule has 0 aromatic rings. The molecule has 10 rings (SSSR count). The average molecular weight is 387 g/mol. The topological polar surface area (TPSA) is 34.1 Å². The zero-order chi connectivity index (χ0) is 14.5. The summed E-state index contributed by atoms with van der Waals surface area (Å²) in [5, 5.41) is 0. The zero-order valence-corrected chi connectivity index (χ0v) is 14.7. The van der Waals surface area contributed by atoms with Gasteiger partial charge in [0.15, 0.2) is 0 Å². The summed E-state index contributed by atoms with van der Waals surface area (Å²) in [5.74, 6) is 0.631. The molecule has 0 radical (unpaired) electrons. The third-order valence-electron chi connectivity index (χ3n) is 16.4. The van der Waals surface area contributed by atoms with E-state index >= 15 is 0 Å². The third-order valence-corrected chi connectivity index (χ3v) is 61.2. The minimum atomic E-state index is -4.39. The van der Waals surface area contributed by atoms with Gasteiger partial charge in [-0.05, 0) is 0 Å². The molecule has 0 saturated carbocycles. The summed E-state index contributed by atoms with van der Waals surface area (Å²) < 4.78 is -2.31. The summed E-state index contributed by atoms with van der Waals surface area (Å²) in [6, 6.07) is 0. The SMILES string of the molecule is CC(=O)[C]12[CH]3[CH]4[C]5(C(C)=O)[C]1(C(Cl)(Cl)Cl)[Fe]34251678[CH]2[CH]1[CH]6[CH]7[CH]28. The number of rotatable bonds is 2. The number of ketones is 2. The predicted octanol–water partition coefficient (Wildman–Crippen LogP) is 5.03. The second-order valence-corrected chi connectivity index (χ2v) is 36.6. The van der Waals surface area contributed by atoms with E-state index in [2.05, 4.69) is 0 Å². The van der Waals surface area contributed by atoms with Crippen molar-refractivity contribution in [2.45, 2.75) is 64.3 Å². The van der Waals surface area contributed by atoms with Gasteiger partial charge in [-0.15, -0.1) is 0 Å². The van der Waals surface area contributed by atoms with Crippen LogP contribution >= 0.6 is 34.8 Å². The van der Waals surface area contributed by atoms with Crippen LogP contribution < -0.4 is 0 Å². The van der Waals surface area contributed by atoms with Crippen LogP contribution in [-0.2, 0) is 16.1 Å². The van der Waals surface area contributed by atoms with Gasteiger partial charge in [0.05, 0.1) is 0 Å². The number of fused-ring (bicyclic) bond motifs is 10. The molecule has 10 heterocycles. The van der Waals surface area contributed by atoms with Crippen molar-refractivity contribution in [1.29, 1.82) is 0 Å². The van der Waals surface area contributed by atoms with Crippen LogP contribution in [0.3, 0.4) is 0 Å². The Hall–Kier alpha value is 0.729. The van der Waals surface area contributed by atoms with E-state index in [1.165, 1.54) is 0 Å². The summed E-state index contributed by atoms with van der Waals surface area (Å²) >= 11 is 20.0. The molecule has 10 aliphatic heterocycles. The molecule has 10 saturated heterocycles. The van der Waals surface area contributed by atoms with Gasteiger partial charge in [-0.25, -0.2) is 0 Å². The van der Waals surface area contributed by atoms with E-state index in [0.29, 0.717) is 21.2 Å². The Morgan fingerprint density at radius 2 is 1.19 bits per heavy atom. The van der Waals surface area contributed by atoms with E-state index in [-0.39, 0.29) is 8.63 Å². The molecule has 0 aliphatic carbocycles. The number of carbonyl (C=O) groups excluding carboxylic acids is 2. The van der Waals surface area contributed by atoms with Gasteiger partial charge in [-0.3, -0.25) is 0 Å². The summed E-state index contributed by atoms with van der Waals surface area (Å²) in [6.07, 6.45) is 0. The normalized spacial score (nSPS) is 106. The number of carbonyl (C=O) groups is 2. The second-order valence-electron chi connectivity index (χ2n) is 11.4. The van der Waals surface area contributed by atoms with Gasteiger partial charge >= 0.3 is 127 Å². The number of halogens is 3. The van der Waals surface area contributed by atoms with Crippen molar-refractivity contribution in [1.82, 2.24) is 0 Å². The van der Waals surface area contributed by atoms with Crippen LogP contribution in [0.2, 0.25) is 46.7 Å². The predicted molar refractivity (Wildman–Crippen MR) is 76.0 cm³/mol. The Kier molecular flexibility index (Phi) is 0.406. The Labute approximate surface area is 126 Å². The molecule has 6 heteroatoms. The van der Waals surface area contributed by atoms with Crippen LogP contribution in [0.4, 0.5) is 0 Å². The molecule has 114 valence electrons. The van der Waals surface area contributed by atoms with E-state index in [4.69, 9.17) is 34.8 Å². The fraction of sp³-hybridized carbons (Fsp3) is 0.867. The van der Waals surface area contributed by atoms with E-state index in [9.17, 15) is 9.59 Å². The molecule has 2 nitrogen and oxygen atoms in total. The summed E-state index contributed by atoms with van der Waals surface area (Å²) in [6.45, 7) is -0.880. The van der Waals surface area contributed by atoms with Gasteiger partial charge in [-0.2, -0.15) is 0 Å². The van der Waals surface area contributed by atoms with Crippen LogP contribution in [0.15, 0.2) is 0 Å². The Morgan fingerprint density at radius 1 is 0.857 bits per heavy atom. The van der Waals surface area contributed by atoms with Crippen molar-refractivity contribution < 1.29 is 16.1 Å². The first-order valence-corrected chi connectivity index (χ1v) is 15.0. The van der Waals surface area contributed by atoms with Crippen molar-refractivity contribution in [3.63, 3.8) is 0 Å². The van der Waals surface area contributed by atoms with Gasteiger partial charge < -0.3 is 0 Å². The zero-order valence-electron chi connectivity index (χ0n) is 11.3. The quantitative estimate of drug-likeness (QED) is 0.492. The number of hydrogen-bond acceptors (Lipinski definition) is 2. The molecule has 10 aliphatic rings. The molecular weight excluding hydrogens is 374 g/mol. The average Bonchev–Trinajstić information content (AvgIpc) is 3.30. The maximum atomic E-state index is 13.0. The molecule has 0 bridgehead atoms. The molecule has 21 heavy (non-hydrogen) atoms. The summed E-state index contributed by atoms with van der Waals surface area (Å²) in [7, 11) is 0. The van der Waals surface area contributed by atoms with Crippen LogP contribution in [0.1, 0.15) is 13.8 Å². The number of alkyl halides is 3. The molecule has 0 amide bonds. The van der Waals surface area contributed by atoms with Crippen molar-refractivity contribution in [3.8, 4) is 0 Å². The molecule has 1 spiro atoms. The molecule has 0 aromatic heterocycles. The van der Waals surface area contributed by atoms with Gasteiger partial charge in [0.25, 0.3) is 0 Å². The number of hydrogen-bond donors (Lipinski definition) is 0. The fourth-order valence-corrected chi connectivity index (χ4v) is 104. The fourth-order valence-electron chi connectivity index (χ4n) is 19.8. The first-order chi connectivity index (χ1) is 9.47. The van der Waals surface area contributed by atoms with Crippen LogP contribution in [-0.4, -0.2) is 15.4 Å². The van der Waals surface area contributed by atoms with Crippen LogP contribution in [0, 0.1) is 0 Å². The van der Waals surface area contributed by atoms with Crippen molar-refractivity contribution in [2.24, 2.45) is 0 Å². The van der Waals surface area contributed by atoms with Crippen LogP contribution in [0.5, 0.6) is 0 Å². The van der Waals surface area contributed by atoms with Crippen molar-refractivity contribution >= 4 is 46.4 Å². The van der Waals surface area contributed by atoms with E-state index in [1.54, 1.807) is 13.8 Å². The third kappa shape index (κ3) is 0.105. The first-order valence-electron chi connectivity index (χ1n) is 7.76. The first kappa shape index (κ1) is 9.89. The van der Waals surface area contributed by atoms with E-state index < -0.39 is 14.6 Å². The monoisotopic (exact) mass is 386 g/mol. The van der Waals surface area contributed by atoms with Gasteiger partial charge in [0, 0.05) is 0 Å². The van der Waals surface area contributed by atoms with E-state index in [1.807, 2.05) is 0 Å². The Morgan fingerprint density at radius 3 is 1.33 bits per heavy atom. The molecule has 4 unspecified atom stereocenters. The van der Waals surface area contributed by atoms with E-state index in [0.717, 1.165) is 24.1 Å². The molecule has 4 atom stereocenters. The molecule has 0 aromatic carbocycles. The van der Waals surface area contributed by atoms with Gasteiger partial charge in [-0.1, -0.05) is 0 Å².